The van der Waals surface area contributed by atoms with E-state index in [-0.39, 0.29) is 5.91 Å². The van der Waals surface area contributed by atoms with E-state index >= 15 is 0 Å². The van der Waals surface area contributed by atoms with Crippen LogP contribution in [-0.2, 0) is 11.3 Å². The van der Waals surface area contributed by atoms with Gasteiger partial charge in [0, 0.05) is 19.9 Å². The van der Waals surface area contributed by atoms with Crippen LogP contribution in [0.15, 0.2) is 42.6 Å². The number of rotatable bonds is 6. The maximum absolute atomic E-state index is 13.0. The minimum absolute atomic E-state index is 0.124. The number of aryl methyl sites for hydroxylation is 1. The maximum Gasteiger partial charge on any atom is 0.273 e. The number of hydrogen-bond donors (Lipinski definition) is 0. The zero-order valence-corrected chi connectivity index (χ0v) is 14.1. The molecule has 0 aliphatic carbocycles. The average molecular weight is 313 g/mol. The molecular weight excluding hydrogens is 290 g/mol. The van der Waals surface area contributed by atoms with E-state index in [0.29, 0.717) is 24.7 Å². The fourth-order valence-electron chi connectivity index (χ4n) is 2.47. The smallest absolute Gasteiger partial charge is 0.273 e. The molecule has 0 unspecified atom stereocenters. The van der Waals surface area contributed by atoms with Gasteiger partial charge in [0.2, 0.25) is 0 Å². The van der Waals surface area contributed by atoms with Crippen LogP contribution in [0.25, 0.3) is 0 Å². The molecule has 0 aliphatic heterocycles. The molecule has 5 nitrogen and oxygen atoms in total. The van der Waals surface area contributed by atoms with E-state index in [1.165, 1.54) is 0 Å². The van der Waals surface area contributed by atoms with E-state index in [1.54, 1.807) is 31.2 Å². The number of amides is 1. The van der Waals surface area contributed by atoms with Crippen LogP contribution >= 0.6 is 0 Å². The van der Waals surface area contributed by atoms with Gasteiger partial charge in [-0.15, -0.1) is 0 Å². The lowest BCUT2D eigenvalue weighted by Gasteiger charge is -2.38. The molecule has 0 saturated heterocycles. The Morgan fingerprint density at radius 2 is 1.91 bits per heavy atom. The molecule has 0 saturated carbocycles. The van der Waals surface area contributed by atoms with Crippen molar-refractivity contribution >= 4 is 5.91 Å². The van der Waals surface area contributed by atoms with Crippen molar-refractivity contribution in [1.82, 2.24) is 14.9 Å². The third kappa shape index (κ3) is 4.36. The maximum atomic E-state index is 13.0. The minimum Gasteiger partial charge on any atom is -0.382 e. The Hall–Kier alpha value is -2.27. The molecule has 1 aromatic carbocycles. The second-order valence-electron chi connectivity index (χ2n) is 6.11. The highest BCUT2D eigenvalue weighted by molar-refractivity contribution is 5.92. The Labute approximate surface area is 137 Å². The van der Waals surface area contributed by atoms with Crippen molar-refractivity contribution < 1.29 is 9.53 Å². The zero-order chi connectivity index (χ0) is 16.9. The molecule has 0 N–H and O–H groups in total. The van der Waals surface area contributed by atoms with Crippen LogP contribution in [0.2, 0.25) is 0 Å². The largest absolute Gasteiger partial charge is 0.382 e. The summed E-state index contributed by atoms with van der Waals surface area (Å²) in [7, 11) is 1.64. The molecule has 1 aromatic heterocycles. The van der Waals surface area contributed by atoms with Gasteiger partial charge in [0.05, 0.1) is 12.1 Å². The van der Waals surface area contributed by atoms with E-state index in [2.05, 4.69) is 9.97 Å². The van der Waals surface area contributed by atoms with Gasteiger partial charge in [-0.2, -0.15) is 0 Å². The van der Waals surface area contributed by atoms with Crippen molar-refractivity contribution in [2.75, 3.05) is 13.7 Å². The number of nitrogens with zero attached hydrogens (tertiary/aromatic N) is 3. The van der Waals surface area contributed by atoms with Gasteiger partial charge in [-0.1, -0.05) is 30.3 Å². The molecular formula is C18H23N3O2. The number of carbonyl (C=O) groups is 1. The van der Waals surface area contributed by atoms with Crippen molar-refractivity contribution in [3.8, 4) is 0 Å². The van der Waals surface area contributed by atoms with Crippen LogP contribution in [0.3, 0.4) is 0 Å². The summed E-state index contributed by atoms with van der Waals surface area (Å²) in [5.74, 6) is 0.460. The van der Waals surface area contributed by atoms with Crippen molar-refractivity contribution in [2.45, 2.75) is 32.9 Å². The van der Waals surface area contributed by atoms with Crippen molar-refractivity contribution in [3.05, 3.63) is 59.7 Å². The highest BCUT2D eigenvalue weighted by Crippen LogP contribution is 2.21. The van der Waals surface area contributed by atoms with Gasteiger partial charge in [-0.25, -0.2) is 9.97 Å². The fraction of sp³-hybridized carbons (Fsp3) is 0.389. The van der Waals surface area contributed by atoms with Gasteiger partial charge in [-0.05, 0) is 32.4 Å². The van der Waals surface area contributed by atoms with Gasteiger partial charge in [0.1, 0.15) is 11.5 Å². The molecule has 5 heteroatoms. The average Bonchev–Trinajstić information content (AvgIpc) is 2.53. The molecule has 1 amide bonds. The van der Waals surface area contributed by atoms with Crippen LogP contribution < -0.4 is 0 Å². The lowest BCUT2D eigenvalue weighted by atomic mass is 10.0. The number of methoxy groups -OCH3 is 1. The summed E-state index contributed by atoms with van der Waals surface area (Å²) in [4.78, 5) is 23.1. The first-order valence-electron chi connectivity index (χ1n) is 7.58. The van der Waals surface area contributed by atoms with Crippen molar-refractivity contribution in [1.29, 1.82) is 0 Å². The summed E-state index contributed by atoms with van der Waals surface area (Å²) < 4.78 is 5.31. The van der Waals surface area contributed by atoms with Gasteiger partial charge < -0.3 is 9.64 Å². The molecule has 2 rings (SSSR count). The first kappa shape index (κ1) is 17.1. The van der Waals surface area contributed by atoms with Crippen molar-refractivity contribution in [3.63, 3.8) is 0 Å². The first-order chi connectivity index (χ1) is 10.9. The monoisotopic (exact) mass is 313 g/mol. The second-order valence-corrected chi connectivity index (χ2v) is 6.11. The molecule has 0 radical (unpaired) electrons. The molecule has 2 aromatic rings. The molecule has 23 heavy (non-hydrogen) atoms. The molecule has 1 heterocycles. The molecule has 0 atom stereocenters. The van der Waals surface area contributed by atoms with Crippen LogP contribution in [-0.4, -0.2) is 40.0 Å². The quantitative estimate of drug-likeness (QED) is 0.823. The highest BCUT2D eigenvalue weighted by atomic mass is 16.5. The first-order valence-corrected chi connectivity index (χ1v) is 7.58. The topological polar surface area (TPSA) is 55.3 Å². The summed E-state index contributed by atoms with van der Waals surface area (Å²) in [6.07, 6.45) is 1.61. The number of benzene rings is 1. The van der Waals surface area contributed by atoms with Gasteiger partial charge in [0.15, 0.2) is 0 Å². The number of carbonyl (C=O) groups excluding carboxylic acids is 1. The van der Waals surface area contributed by atoms with E-state index in [1.807, 2.05) is 44.2 Å². The lowest BCUT2D eigenvalue weighted by molar-refractivity contribution is 0.0225. The third-order valence-electron chi connectivity index (χ3n) is 3.65. The predicted octanol–water partition coefficient (Wildman–Crippen LogP) is 2.85. The predicted molar refractivity (Wildman–Crippen MR) is 89.0 cm³/mol. The van der Waals surface area contributed by atoms with Crippen LogP contribution in [0, 0.1) is 6.92 Å². The molecule has 0 spiro atoms. The number of hydrogen-bond acceptors (Lipinski definition) is 4. The Morgan fingerprint density at radius 1 is 1.22 bits per heavy atom. The van der Waals surface area contributed by atoms with Crippen LogP contribution in [0.1, 0.15) is 35.7 Å². The Morgan fingerprint density at radius 3 is 2.52 bits per heavy atom. The summed E-state index contributed by atoms with van der Waals surface area (Å²) >= 11 is 0. The molecule has 122 valence electrons. The fourth-order valence-corrected chi connectivity index (χ4v) is 2.47. The molecule has 0 aliphatic rings. The van der Waals surface area contributed by atoms with Crippen LogP contribution in [0.4, 0.5) is 0 Å². The second kappa shape index (κ2) is 7.33. The van der Waals surface area contributed by atoms with Crippen molar-refractivity contribution in [2.24, 2.45) is 0 Å². The van der Waals surface area contributed by atoms with Gasteiger partial charge >= 0.3 is 0 Å². The lowest BCUT2D eigenvalue weighted by Crippen LogP contribution is -2.50. The molecule has 0 bridgehead atoms. The molecule has 0 fully saturated rings. The normalized spacial score (nSPS) is 11.3. The standard InChI is InChI=1S/C18H23N3O2/c1-14-19-11-10-16(20-14)17(22)21(18(2,3)13-23-4)12-15-8-6-5-7-9-15/h5-11H,12-13H2,1-4H3. The summed E-state index contributed by atoms with van der Waals surface area (Å²) in [5, 5.41) is 0. The van der Waals surface area contributed by atoms with Crippen LogP contribution in [0.5, 0.6) is 0 Å². The number of ether oxygens (including phenoxy) is 1. The Kier molecular flexibility index (Phi) is 5.45. The summed E-state index contributed by atoms with van der Waals surface area (Å²) in [6.45, 7) is 6.70. The Balaban J connectivity index is 2.34. The number of aromatic nitrogens is 2. The van der Waals surface area contributed by atoms with Gasteiger partial charge in [-0.3, -0.25) is 4.79 Å². The summed E-state index contributed by atoms with van der Waals surface area (Å²) in [5.41, 5.74) is 1.01. The zero-order valence-electron chi connectivity index (χ0n) is 14.1. The SMILES string of the molecule is COCC(C)(C)N(Cc1ccccc1)C(=O)c1ccnc(C)n1. The van der Waals surface area contributed by atoms with E-state index < -0.39 is 5.54 Å². The van der Waals surface area contributed by atoms with E-state index in [9.17, 15) is 4.79 Å². The van der Waals surface area contributed by atoms with E-state index in [4.69, 9.17) is 4.74 Å². The highest BCUT2D eigenvalue weighted by Gasteiger charge is 2.32. The van der Waals surface area contributed by atoms with Gasteiger partial charge in [0.25, 0.3) is 5.91 Å². The van der Waals surface area contributed by atoms with E-state index in [0.717, 1.165) is 5.56 Å². The Bertz CT molecular complexity index is 656. The third-order valence-corrected chi connectivity index (χ3v) is 3.65. The minimum atomic E-state index is -0.458. The summed E-state index contributed by atoms with van der Waals surface area (Å²) in [6, 6.07) is 11.6.